The lowest BCUT2D eigenvalue weighted by atomic mass is 10.2. The smallest absolute Gasteiger partial charge is 0.241 e. The van der Waals surface area contributed by atoms with Crippen molar-refractivity contribution in [1.82, 2.24) is 14.7 Å². The highest BCUT2D eigenvalue weighted by molar-refractivity contribution is 7.99. The van der Waals surface area contributed by atoms with Gasteiger partial charge in [-0.15, -0.1) is 11.8 Å². The average Bonchev–Trinajstić information content (AvgIpc) is 3.16. The van der Waals surface area contributed by atoms with Crippen LogP contribution >= 0.6 is 11.8 Å². The van der Waals surface area contributed by atoms with Gasteiger partial charge in [0.2, 0.25) is 5.91 Å². The van der Waals surface area contributed by atoms with E-state index in [2.05, 4.69) is 11.2 Å². The van der Waals surface area contributed by atoms with E-state index >= 15 is 0 Å². The van der Waals surface area contributed by atoms with Crippen molar-refractivity contribution in [2.24, 2.45) is 0 Å². The molecule has 0 fully saturated rings. The lowest BCUT2D eigenvalue weighted by Crippen LogP contribution is -2.41. The van der Waals surface area contributed by atoms with E-state index in [1.54, 1.807) is 0 Å². The van der Waals surface area contributed by atoms with Crippen molar-refractivity contribution in [3.8, 4) is 5.69 Å². The molecule has 1 aliphatic rings. The molecule has 1 aliphatic heterocycles. The van der Waals surface area contributed by atoms with E-state index < -0.39 is 0 Å². The van der Waals surface area contributed by atoms with Crippen molar-refractivity contribution in [3.05, 3.63) is 72.6 Å². The molecule has 0 saturated heterocycles. The maximum absolute atomic E-state index is 12.8. The van der Waals surface area contributed by atoms with Gasteiger partial charge in [-0.1, -0.05) is 30.3 Å². The number of fused-ring (bicyclic) bond motifs is 1. The molecule has 138 valence electrons. The number of amides is 1. The van der Waals surface area contributed by atoms with Gasteiger partial charge in [0.25, 0.3) is 0 Å². The van der Waals surface area contributed by atoms with Gasteiger partial charge in [-0.3, -0.25) is 9.69 Å². The van der Waals surface area contributed by atoms with Gasteiger partial charge in [-0.05, 0) is 31.3 Å². The summed E-state index contributed by atoms with van der Waals surface area (Å²) in [6.07, 6.45) is 3.88. The number of rotatable bonds is 5. The zero-order chi connectivity index (χ0) is 18.6. The molecule has 2 aromatic carbocycles. The number of benzene rings is 2. The number of hydrogen-bond donors (Lipinski definition) is 0. The second-order valence-electron chi connectivity index (χ2n) is 6.66. The van der Waals surface area contributed by atoms with Crippen LogP contribution in [0.5, 0.6) is 0 Å². The molecule has 0 spiro atoms. The zero-order valence-corrected chi connectivity index (χ0v) is 16.1. The van der Waals surface area contributed by atoms with Crippen molar-refractivity contribution >= 4 is 23.4 Å². The minimum Gasteiger partial charge on any atom is -0.309 e. The molecular weight excluding hydrogens is 356 g/mol. The fourth-order valence-electron chi connectivity index (χ4n) is 3.28. The summed E-state index contributed by atoms with van der Waals surface area (Å²) < 4.78 is 1.86. The van der Waals surface area contributed by atoms with E-state index in [-0.39, 0.29) is 5.91 Å². The molecule has 2 heterocycles. The third-order valence-electron chi connectivity index (χ3n) is 4.54. The highest BCUT2D eigenvalue weighted by atomic mass is 32.2. The van der Waals surface area contributed by atoms with Crippen molar-refractivity contribution in [1.29, 1.82) is 0 Å². The lowest BCUT2D eigenvalue weighted by molar-refractivity contribution is -0.119. The zero-order valence-electron chi connectivity index (χ0n) is 15.3. The molecule has 27 heavy (non-hydrogen) atoms. The first kappa shape index (κ1) is 17.8. The van der Waals surface area contributed by atoms with E-state index in [0.29, 0.717) is 13.1 Å². The van der Waals surface area contributed by atoms with Gasteiger partial charge in [-0.25, -0.2) is 4.68 Å². The second kappa shape index (κ2) is 7.98. The number of likely N-dealkylation sites (N-methyl/N-ethyl adjacent to an activating group) is 1. The molecule has 0 saturated carbocycles. The number of carbonyl (C=O) groups is 1. The van der Waals surface area contributed by atoms with Crippen LogP contribution in [0.25, 0.3) is 5.69 Å². The lowest BCUT2D eigenvalue weighted by Gasteiger charge is -2.30. The molecule has 1 aromatic heterocycles. The number of carbonyl (C=O) groups excluding carboxylic acids is 1. The van der Waals surface area contributed by atoms with Crippen LogP contribution in [0.4, 0.5) is 5.69 Å². The highest BCUT2D eigenvalue weighted by Gasteiger charge is 2.23. The molecule has 0 atom stereocenters. The van der Waals surface area contributed by atoms with Crippen LogP contribution in [-0.2, 0) is 11.3 Å². The van der Waals surface area contributed by atoms with Crippen LogP contribution < -0.4 is 4.90 Å². The van der Waals surface area contributed by atoms with Crippen LogP contribution in [0.15, 0.2) is 71.9 Å². The number of aromatic nitrogens is 2. The van der Waals surface area contributed by atoms with Gasteiger partial charge in [-0.2, -0.15) is 5.10 Å². The molecule has 0 aliphatic carbocycles. The quantitative estimate of drug-likeness (QED) is 0.682. The average molecular weight is 379 g/mol. The topological polar surface area (TPSA) is 41.4 Å². The highest BCUT2D eigenvalue weighted by Crippen LogP contribution is 2.34. The van der Waals surface area contributed by atoms with Crippen molar-refractivity contribution < 1.29 is 4.79 Å². The third kappa shape index (κ3) is 4.07. The predicted molar refractivity (Wildman–Crippen MR) is 109 cm³/mol. The van der Waals surface area contributed by atoms with Gasteiger partial charge < -0.3 is 4.90 Å². The minimum atomic E-state index is 0.140. The molecule has 0 bridgehead atoms. The summed E-state index contributed by atoms with van der Waals surface area (Å²) in [5.74, 6) is 1.08. The molecule has 0 unspecified atom stereocenters. The largest absolute Gasteiger partial charge is 0.309 e. The van der Waals surface area contributed by atoms with Gasteiger partial charge in [0.05, 0.1) is 24.1 Å². The Hall–Kier alpha value is -2.57. The normalized spacial score (nSPS) is 13.6. The van der Waals surface area contributed by atoms with E-state index in [0.717, 1.165) is 29.2 Å². The van der Waals surface area contributed by atoms with Crippen LogP contribution in [-0.4, -0.2) is 46.5 Å². The van der Waals surface area contributed by atoms with Crippen LogP contribution in [0, 0.1) is 0 Å². The Bertz CT molecular complexity index is 925. The van der Waals surface area contributed by atoms with E-state index in [1.807, 2.05) is 94.2 Å². The minimum absolute atomic E-state index is 0.140. The second-order valence-corrected chi connectivity index (χ2v) is 7.80. The Balaban J connectivity index is 1.39. The van der Waals surface area contributed by atoms with E-state index in [1.165, 1.54) is 4.90 Å². The molecular formula is C21H22N4OS. The summed E-state index contributed by atoms with van der Waals surface area (Å²) in [6.45, 7) is 1.83. The van der Waals surface area contributed by atoms with E-state index in [4.69, 9.17) is 0 Å². The Kier molecular flexibility index (Phi) is 5.27. The van der Waals surface area contributed by atoms with Crippen LogP contribution in [0.2, 0.25) is 0 Å². The molecule has 6 heteroatoms. The molecule has 0 radical (unpaired) electrons. The standard InChI is InChI=1S/C21H22N4OS/c1-23(14-17-13-22-25(15-17)18-7-3-2-4-8-18)16-21(26)24-11-12-27-20-10-6-5-9-19(20)24/h2-10,13,15H,11-12,14,16H2,1H3. The predicted octanol–water partition coefficient (Wildman–Crippen LogP) is 3.44. The third-order valence-corrected chi connectivity index (χ3v) is 5.59. The fraction of sp³-hybridized carbons (Fsp3) is 0.238. The van der Waals surface area contributed by atoms with Crippen molar-refractivity contribution in [3.63, 3.8) is 0 Å². The Morgan fingerprint density at radius 1 is 1.15 bits per heavy atom. The van der Waals surface area contributed by atoms with Crippen LogP contribution in [0.3, 0.4) is 0 Å². The summed E-state index contributed by atoms with van der Waals surface area (Å²) in [4.78, 5) is 18.0. The number of anilines is 1. The van der Waals surface area contributed by atoms with Gasteiger partial charge >= 0.3 is 0 Å². The summed E-state index contributed by atoms with van der Waals surface area (Å²) in [6, 6.07) is 18.2. The Morgan fingerprint density at radius 2 is 1.93 bits per heavy atom. The first-order valence-electron chi connectivity index (χ1n) is 9.00. The molecule has 5 nitrogen and oxygen atoms in total. The molecule has 0 N–H and O–H groups in total. The summed E-state index contributed by atoms with van der Waals surface area (Å²) in [5, 5.41) is 4.43. The molecule has 4 rings (SSSR count). The first-order chi connectivity index (χ1) is 13.2. The van der Waals surface area contributed by atoms with Crippen LogP contribution in [0.1, 0.15) is 5.56 Å². The van der Waals surface area contributed by atoms with Crippen molar-refractivity contribution in [2.45, 2.75) is 11.4 Å². The van der Waals surface area contributed by atoms with Gasteiger partial charge in [0.15, 0.2) is 0 Å². The number of hydrogen-bond acceptors (Lipinski definition) is 4. The fourth-order valence-corrected chi connectivity index (χ4v) is 4.27. The maximum atomic E-state index is 12.8. The van der Waals surface area contributed by atoms with Gasteiger partial charge in [0.1, 0.15) is 0 Å². The number of nitrogens with zero attached hydrogens (tertiary/aromatic N) is 4. The summed E-state index contributed by atoms with van der Waals surface area (Å²) >= 11 is 1.81. The number of thioether (sulfide) groups is 1. The summed E-state index contributed by atoms with van der Waals surface area (Å²) in [5.41, 5.74) is 3.15. The Morgan fingerprint density at radius 3 is 2.78 bits per heavy atom. The monoisotopic (exact) mass is 378 g/mol. The SMILES string of the molecule is CN(CC(=O)N1CCSc2ccccc21)Cc1cnn(-c2ccccc2)c1. The molecule has 3 aromatic rings. The van der Waals surface area contributed by atoms with Gasteiger partial charge in [0, 0.05) is 35.5 Å². The molecule has 1 amide bonds. The maximum Gasteiger partial charge on any atom is 0.241 e. The number of para-hydroxylation sites is 2. The summed E-state index contributed by atoms with van der Waals surface area (Å²) in [7, 11) is 1.97. The van der Waals surface area contributed by atoms with E-state index in [9.17, 15) is 4.79 Å². The first-order valence-corrected chi connectivity index (χ1v) is 9.99. The Labute approximate surface area is 163 Å². The van der Waals surface area contributed by atoms with Crippen molar-refractivity contribution in [2.75, 3.05) is 30.8 Å².